The van der Waals surface area contributed by atoms with Gasteiger partial charge in [0.1, 0.15) is 11.3 Å². The van der Waals surface area contributed by atoms with Gasteiger partial charge in [0, 0.05) is 12.1 Å². The largest absolute Gasteiger partial charge is 0.497 e. The number of carbonyl (C=O) groups excluding carboxylic acids is 1. The van der Waals surface area contributed by atoms with Gasteiger partial charge in [-0.2, -0.15) is 0 Å². The number of nitrogens with zero attached hydrogens (tertiary/aromatic N) is 4. The molecule has 0 aliphatic carbocycles. The number of likely N-dealkylation sites (tertiary alicyclic amines) is 1. The molecule has 34 heavy (non-hydrogen) atoms. The van der Waals surface area contributed by atoms with Crippen LogP contribution >= 0.6 is 0 Å². The maximum atomic E-state index is 12.9. The molecule has 7 heteroatoms. The fraction of sp³-hybridized carbons (Fsp3) is 0.296. The van der Waals surface area contributed by atoms with E-state index in [4.69, 9.17) is 4.74 Å². The first-order valence-electron chi connectivity index (χ1n) is 11.7. The van der Waals surface area contributed by atoms with Gasteiger partial charge in [-0.3, -0.25) is 9.69 Å². The zero-order valence-corrected chi connectivity index (χ0v) is 19.4. The predicted octanol–water partition coefficient (Wildman–Crippen LogP) is 4.06. The average Bonchev–Trinajstić information content (AvgIpc) is 3.56. The molecule has 1 saturated heterocycles. The van der Waals surface area contributed by atoms with Crippen LogP contribution in [0.1, 0.15) is 40.4 Å². The van der Waals surface area contributed by atoms with Crippen molar-refractivity contribution in [1.82, 2.24) is 25.2 Å². The highest BCUT2D eigenvalue weighted by Crippen LogP contribution is 2.26. The first-order valence-corrected chi connectivity index (χ1v) is 11.7. The molecule has 1 unspecified atom stereocenters. The van der Waals surface area contributed by atoms with Gasteiger partial charge in [-0.1, -0.05) is 41.6 Å². The van der Waals surface area contributed by atoms with Gasteiger partial charge in [0.05, 0.1) is 25.2 Å². The van der Waals surface area contributed by atoms with Gasteiger partial charge in [-0.25, -0.2) is 4.68 Å². The highest BCUT2D eigenvalue weighted by Gasteiger charge is 2.24. The summed E-state index contributed by atoms with van der Waals surface area (Å²) in [5.41, 5.74) is 4.79. The quantitative estimate of drug-likeness (QED) is 0.434. The summed E-state index contributed by atoms with van der Waals surface area (Å²) in [5, 5.41) is 11.6. The number of amides is 1. The number of aromatic nitrogens is 3. The molecule has 5 rings (SSSR count). The number of carbonyl (C=O) groups is 1. The lowest BCUT2D eigenvalue weighted by Crippen LogP contribution is -2.36. The van der Waals surface area contributed by atoms with E-state index in [1.807, 2.05) is 65.3 Å². The Balaban J connectivity index is 1.24. The maximum Gasteiger partial charge on any atom is 0.251 e. The second-order valence-corrected chi connectivity index (χ2v) is 8.67. The molecule has 1 aliphatic heterocycles. The molecule has 1 N–H and O–H groups in total. The standard InChI is InChI=1S/C27H29N5O2/c1-34-23-14-12-21(13-15-23)26(31-16-4-5-17-31)18-28-27(33)22-10-8-20(9-11-22)19-32-25-7-3-2-6-24(25)29-30-32/h2-3,6-15,26H,4-5,16-19H2,1H3,(H,28,33). The highest BCUT2D eigenvalue weighted by molar-refractivity contribution is 5.94. The number of rotatable bonds is 8. The number of nitrogens with one attached hydrogen (secondary N) is 1. The second-order valence-electron chi connectivity index (χ2n) is 8.67. The Morgan fingerprint density at radius 3 is 2.47 bits per heavy atom. The molecule has 2 heterocycles. The SMILES string of the molecule is COc1ccc(C(CNC(=O)c2ccc(Cn3nnc4ccccc43)cc2)N2CCCC2)cc1. The molecule has 1 aliphatic rings. The Bertz CT molecular complexity index is 1240. The minimum Gasteiger partial charge on any atom is -0.497 e. The van der Waals surface area contributed by atoms with Crippen LogP contribution in [0.4, 0.5) is 0 Å². The average molecular weight is 456 g/mol. The van der Waals surface area contributed by atoms with Crippen molar-refractivity contribution in [3.63, 3.8) is 0 Å². The van der Waals surface area contributed by atoms with Crippen LogP contribution in [-0.2, 0) is 6.54 Å². The molecule has 0 bridgehead atoms. The van der Waals surface area contributed by atoms with Crippen LogP contribution in [0.2, 0.25) is 0 Å². The van der Waals surface area contributed by atoms with Gasteiger partial charge < -0.3 is 10.1 Å². The summed E-state index contributed by atoms with van der Waals surface area (Å²) in [6.45, 7) is 3.28. The molecule has 4 aromatic rings. The number of benzene rings is 3. The Labute approximate surface area is 199 Å². The van der Waals surface area contributed by atoms with Gasteiger partial charge in [0.2, 0.25) is 0 Å². The van der Waals surface area contributed by atoms with Crippen molar-refractivity contribution in [1.29, 1.82) is 0 Å². The van der Waals surface area contributed by atoms with E-state index < -0.39 is 0 Å². The number of hydrogen-bond donors (Lipinski definition) is 1. The van der Waals surface area contributed by atoms with Gasteiger partial charge in [0.25, 0.3) is 5.91 Å². The minimum atomic E-state index is -0.0598. The van der Waals surface area contributed by atoms with Crippen molar-refractivity contribution in [3.8, 4) is 5.75 Å². The summed E-state index contributed by atoms with van der Waals surface area (Å²) in [5.74, 6) is 0.780. The van der Waals surface area contributed by atoms with Crippen LogP contribution in [-0.4, -0.2) is 52.5 Å². The zero-order chi connectivity index (χ0) is 23.3. The maximum absolute atomic E-state index is 12.9. The molecule has 0 radical (unpaired) electrons. The number of fused-ring (bicyclic) bond motifs is 1. The summed E-state index contributed by atoms with van der Waals surface area (Å²) in [4.78, 5) is 15.4. The molecule has 3 aromatic carbocycles. The molecule has 1 fully saturated rings. The number of para-hydroxylation sites is 1. The Morgan fingerprint density at radius 2 is 1.74 bits per heavy atom. The van der Waals surface area contributed by atoms with E-state index in [-0.39, 0.29) is 11.9 Å². The van der Waals surface area contributed by atoms with Crippen LogP contribution in [0.15, 0.2) is 72.8 Å². The van der Waals surface area contributed by atoms with Crippen molar-refractivity contribution in [2.24, 2.45) is 0 Å². The van der Waals surface area contributed by atoms with Crippen LogP contribution < -0.4 is 10.1 Å². The lowest BCUT2D eigenvalue weighted by atomic mass is 10.0. The Hall–Kier alpha value is -3.71. The van der Waals surface area contributed by atoms with Crippen molar-refractivity contribution in [3.05, 3.63) is 89.5 Å². The summed E-state index contributed by atoms with van der Waals surface area (Å²) in [7, 11) is 1.67. The lowest BCUT2D eigenvalue weighted by Gasteiger charge is -2.28. The summed E-state index contributed by atoms with van der Waals surface area (Å²) in [6.07, 6.45) is 2.40. The topological polar surface area (TPSA) is 72.3 Å². The van der Waals surface area contributed by atoms with Gasteiger partial charge in [0.15, 0.2) is 0 Å². The highest BCUT2D eigenvalue weighted by atomic mass is 16.5. The first-order chi connectivity index (χ1) is 16.7. The zero-order valence-electron chi connectivity index (χ0n) is 19.4. The molecule has 0 saturated carbocycles. The van der Waals surface area contributed by atoms with Crippen molar-refractivity contribution in [2.45, 2.75) is 25.4 Å². The molecule has 1 amide bonds. The minimum absolute atomic E-state index is 0.0598. The smallest absolute Gasteiger partial charge is 0.251 e. The monoisotopic (exact) mass is 455 g/mol. The summed E-state index contributed by atoms with van der Waals surface area (Å²) < 4.78 is 7.18. The molecule has 7 nitrogen and oxygen atoms in total. The second kappa shape index (κ2) is 10.1. The van der Waals surface area contributed by atoms with Crippen molar-refractivity contribution < 1.29 is 9.53 Å². The van der Waals surface area contributed by atoms with E-state index >= 15 is 0 Å². The summed E-state index contributed by atoms with van der Waals surface area (Å²) in [6, 6.07) is 23.9. The van der Waals surface area contributed by atoms with Gasteiger partial charge in [-0.05, 0) is 73.5 Å². The molecule has 1 atom stereocenters. The van der Waals surface area contributed by atoms with Crippen molar-refractivity contribution in [2.75, 3.05) is 26.7 Å². The van der Waals surface area contributed by atoms with Crippen LogP contribution in [0.25, 0.3) is 11.0 Å². The fourth-order valence-electron chi connectivity index (χ4n) is 4.60. The van der Waals surface area contributed by atoms with Gasteiger partial charge in [-0.15, -0.1) is 5.10 Å². The molecule has 174 valence electrons. The predicted molar refractivity (Wildman–Crippen MR) is 132 cm³/mol. The fourth-order valence-corrected chi connectivity index (χ4v) is 4.60. The van der Waals surface area contributed by atoms with Crippen molar-refractivity contribution >= 4 is 16.9 Å². The van der Waals surface area contributed by atoms with Gasteiger partial charge >= 0.3 is 0 Å². The van der Waals surface area contributed by atoms with E-state index in [0.29, 0.717) is 18.7 Å². The van der Waals surface area contributed by atoms with E-state index in [2.05, 4.69) is 32.7 Å². The molecule has 0 spiro atoms. The van der Waals surface area contributed by atoms with E-state index in [1.165, 1.54) is 18.4 Å². The number of ether oxygens (including phenoxy) is 1. The summed E-state index contributed by atoms with van der Waals surface area (Å²) >= 11 is 0. The third-order valence-electron chi connectivity index (χ3n) is 6.51. The first kappa shape index (κ1) is 22.1. The van der Waals surface area contributed by atoms with Crippen LogP contribution in [0, 0.1) is 0 Å². The number of methoxy groups -OCH3 is 1. The van der Waals surface area contributed by atoms with E-state index in [1.54, 1.807) is 7.11 Å². The lowest BCUT2D eigenvalue weighted by molar-refractivity contribution is 0.0938. The molecular formula is C27H29N5O2. The van der Waals surface area contributed by atoms with E-state index in [0.717, 1.165) is 35.4 Å². The number of hydrogen-bond acceptors (Lipinski definition) is 5. The molecular weight excluding hydrogens is 426 g/mol. The van der Waals surface area contributed by atoms with Crippen LogP contribution in [0.3, 0.4) is 0 Å². The Morgan fingerprint density at radius 1 is 1.00 bits per heavy atom. The van der Waals surface area contributed by atoms with E-state index in [9.17, 15) is 4.79 Å². The van der Waals surface area contributed by atoms with Crippen LogP contribution in [0.5, 0.6) is 5.75 Å². The Kier molecular flexibility index (Phi) is 6.53. The third kappa shape index (κ3) is 4.79. The molecule has 1 aromatic heterocycles. The third-order valence-corrected chi connectivity index (χ3v) is 6.51. The normalized spacial score (nSPS) is 14.9.